The van der Waals surface area contributed by atoms with Gasteiger partial charge in [-0.2, -0.15) is 0 Å². The lowest BCUT2D eigenvalue weighted by molar-refractivity contribution is 0.0168. The minimum Gasteiger partial charge on any atom is -0.478 e. The Labute approximate surface area is 157 Å². The van der Waals surface area contributed by atoms with Crippen LogP contribution < -0.4 is 5.73 Å². The highest BCUT2D eigenvalue weighted by Gasteiger charge is 2.60. The second-order valence-electron chi connectivity index (χ2n) is 8.80. The van der Waals surface area contributed by atoms with Crippen molar-refractivity contribution in [1.29, 1.82) is 0 Å². The first-order valence-corrected chi connectivity index (χ1v) is 9.52. The molecule has 2 fully saturated rings. The van der Waals surface area contributed by atoms with E-state index in [9.17, 15) is 4.79 Å². The van der Waals surface area contributed by atoms with Crippen molar-refractivity contribution in [1.82, 2.24) is 4.90 Å². The van der Waals surface area contributed by atoms with Crippen LogP contribution in [0.2, 0.25) is 0 Å². The van der Waals surface area contributed by atoms with E-state index in [1.165, 1.54) is 31.4 Å². The van der Waals surface area contributed by atoms with Gasteiger partial charge in [0.2, 0.25) is 0 Å². The maximum atomic E-state index is 10.3. The molecule has 0 aromatic heterocycles. The van der Waals surface area contributed by atoms with Crippen LogP contribution in [0.25, 0.3) is 0 Å². The van der Waals surface area contributed by atoms with Gasteiger partial charge in [0.05, 0.1) is 5.56 Å². The van der Waals surface area contributed by atoms with Gasteiger partial charge >= 0.3 is 5.97 Å². The van der Waals surface area contributed by atoms with Crippen LogP contribution in [0, 0.1) is 16.7 Å². The van der Waals surface area contributed by atoms with Crippen molar-refractivity contribution < 1.29 is 15.0 Å². The van der Waals surface area contributed by atoms with Crippen molar-refractivity contribution >= 4 is 11.7 Å². The SMILES string of the molecule is CN(CCCO)C1C2(C)CCC(C2)C1(C)C.Nc1ccc(C(=O)O)cc1. The quantitative estimate of drug-likeness (QED) is 0.698. The fraction of sp³-hybridized carbons (Fsp3) is 0.667. The number of anilines is 1. The Bertz CT molecular complexity index is 609. The Balaban J connectivity index is 0.000000209. The number of carboxylic acid groups (broad SMARTS) is 1. The maximum Gasteiger partial charge on any atom is 0.335 e. The van der Waals surface area contributed by atoms with E-state index in [0.717, 1.165) is 18.9 Å². The standard InChI is InChI=1S/C14H27NO.C7H7NO2/c1-13(2)11-6-7-14(3,10-11)12(13)15(4)8-5-9-16;8-6-3-1-5(2-4-6)7(9)10/h11-12,16H,5-10H2,1-4H3;1-4H,8H2,(H,9,10). The normalized spacial score (nSPS) is 28.7. The van der Waals surface area contributed by atoms with E-state index in [2.05, 4.69) is 32.7 Å². The highest BCUT2D eigenvalue weighted by molar-refractivity contribution is 5.87. The molecule has 4 N–H and O–H groups in total. The number of aliphatic hydroxyl groups excluding tert-OH is 1. The lowest BCUT2D eigenvalue weighted by Gasteiger charge is -2.47. The third-order valence-electron chi connectivity index (χ3n) is 6.46. The minimum atomic E-state index is -0.931. The fourth-order valence-electron chi connectivity index (χ4n) is 5.45. The van der Waals surface area contributed by atoms with Crippen LogP contribution >= 0.6 is 0 Å². The van der Waals surface area contributed by atoms with Gasteiger partial charge in [-0.05, 0) is 73.7 Å². The summed E-state index contributed by atoms with van der Waals surface area (Å²) in [5, 5.41) is 17.4. The van der Waals surface area contributed by atoms with E-state index in [-0.39, 0.29) is 5.56 Å². The molecule has 0 saturated heterocycles. The van der Waals surface area contributed by atoms with Crippen molar-refractivity contribution in [3.05, 3.63) is 29.8 Å². The van der Waals surface area contributed by atoms with Gasteiger partial charge in [-0.25, -0.2) is 4.79 Å². The molecular weight excluding hydrogens is 328 g/mol. The van der Waals surface area contributed by atoms with E-state index in [4.69, 9.17) is 15.9 Å². The molecule has 0 heterocycles. The number of fused-ring (bicyclic) bond motifs is 2. The number of hydrogen-bond acceptors (Lipinski definition) is 4. The Kier molecular flexibility index (Phi) is 6.35. The van der Waals surface area contributed by atoms with E-state index in [0.29, 0.717) is 29.2 Å². The summed E-state index contributed by atoms with van der Waals surface area (Å²) in [5.41, 5.74) is 7.15. The number of aliphatic hydroxyl groups is 1. The van der Waals surface area contributed by atoms with Gasteiger partial charge in [-0.3, -0.25) is 0 Å². The lowest BCUT2D eigenvalue weighted by Crippen LogP contribution is -2.51. The van der Waals surface area contributed by atoms with Crippen LogP contribution in [0.3, 0.4) is 0 Å². The maximum absolute atomic E-state index is 10.3. The summed E-state index contributed by atoms with van der Waals surface area (Å²) < 4.78 is 0. The van der Waals surface area contributed by atoms with Gasteiger partial charge in [-0.1, -0.05) is 20.8 Å². The molecular formula is C21H34N2O3. The number of nitrogens with two attached hydrogens (primary N) is 1. The van der Waals surface area contributed by atoms with Gasteiger partial charge in [-0.15, -0.1) is 0 Å². The molecule has 0 radical (unpaired) electrons. The van der Waals surface area contributed by atoms with E-state index in [1.54, 1.807) is 12.1 Å². The molecule has 5 heteroatoms. The molecule has 26 heavy (non-hydrogen) atoms. The summed E-state index contributed by atoms with van der Waals surface area (Å²) in [7, 11) is 2.24. The molecule has 2 aliphatic rings. The number of carboxylic acids is 1. The zero-order chi connectivity index (χ0) is 19.5. The number of nitrogens with zero attached hydrogens (tertiary/aromatic N) is 1. The summed E-state index contributed by atoms with van der Waals surface area (Å²) in [5.74, 6) is -0.0147. The van der Waals surface area contributed by atoms with Crippen molar-refractivity contribution in [2.75, 3.05) is 25.9 Å². The van der Waals surface area contributed by atoms with Gasteiger partial charge < -0.3 is 20.8 Å². The molecule has 2 bridgehead atoms. The highest BCUT2D eigenvalue weighted by Crippen LogP contribution is 2.63. The summed E-state index contributed by atoms with van der Waals surface area (Å²) in [6.07, 6.45) is 5.14. The number of nitrogen functional groups attached to an aromatic ring is 1. The molecule has 0 aliphatic heterocycles. The van der Waals surface area contributed by atoms with Crippen molar-refractivity contribution in [3.8, 4) is 0 Å². The van der Waals surface area contributed by atoms with Gasteiger partial charge in [0.1, 0.15) is 0 Å². The van der Waals surface area contributed by atoms with Crippen LogP contribution in [0.4, 0.5) is 5.69 Å². The van der Waals surface area contributed by atoms with E-state index in [1.807, 2.05) is 0 Å². The van der Waals surface area contributed by atoms with Crippen molar-refractivity contribution in [3.63, 3.8) is 0 Å². The Hall–Kier alpha value is -1.59. The number of aromatic carboxylic acids is 1. The predicted octanol–water partition coefficient (Wildman–Crippen LogP) is 3.48. The molecule has 0 amide bonds. The third kappa shape index (κ3) is 4.21. The summed E-state index contributed by atoms with van der Waals surface area (Å²) in [6, 6.07) is 6.76. The molecule has 3 unspecified atom stereocenters. The number of benzene rings is 1. The third-order valence-corrected chi connectivity index (χ3v) is 6.46. The monoisotopic (exact) mass is 362 g/mol. The number of hydrogen-bond donors (Lipinski definition) is 3. The first kappa shape index (κ1) is 20.7. The minimum absolute atomic E-state index is 0.259. The van der Waals surface area contributed by atoms with Crippen LogP contribution in [0.15, 0.2) is 24.3 Å². The van der Waals surface area contributed by atoms with Crippen LogP contribution in [-0.4, -0.2) is 47.3 Å². The van der Waals surface area contributed by atoms with Crippen LogP contribution in [0.1, 0.15) is 56.8 Å². The van der Waals surface area contributed by atoms with Gasteiger partial charge in [0, 0.05) is 24.9 Å². The van der Waals surface area contributed by atoms with Gasteiger partial charge in [0.25, 0.3) is 0 Å². The number of rotatable bonds is 5. The van der Waals surface area contributed by atoms with Crippen molar-refractivity contribution in [2.45, 2.75) is 52.5 Å². The van der Waals surface area contributed by atoms with Crippen molar-refractivity contribution in [2.24, 2.45) is 16.7 Å². The predicted molar refractivity (Wildman–Crippen MR) is 105 cm³/mol. The largest absolute Gasteiger partial charge is 0.478 e. The van der Waals surface area contributed by atoms with E-state index >= 15 is 0 Å². The molecule has 2 saturated carbocycles. The summed E-state index contributed by atoms with van der Waals surface area (Å²) in [6.45, 7) is 8.72. The Morgan fingerprint density at radius 2 is 1.88 bits per heavy atom. The highest BCUT2D eigenvalue weighted by atomic mass is 16.4. The molecule has 2 aliphatic carbocycles. The smallest absolute Gasteiger partial charge is 0.335 e. The number of carbonyl (C=O) groups is 1. The van der Waals surface area contributed by atoms with Crippen LogP contribution in [-0.2, 0) is 0 Å². The van der Waals surface area contributed by atoms with Crippen LogP contribution in [0.5, 0.6) is 0 Å². The zero-order valence-electron chi connectivity index (χ0n) is 16.5. The molecule has 146 valence electrons. The van der Waals surface area contributed by atoms with Gasteiger partial charge in [0.15, 0.2) is 0 Å². The second kappa shape index (κ2) is 7.97. The zero-order valence-corrected chi connectivity index (χ0v) is 16.5. The fourth-order valence-corrected chi connectivity index (χ4v) is 5.45. The summed E-state index contributed by atoms with van der Waals surface area (Å²) in [4.78, 5) is 12.8. The summed E-state index contributed by atoms with van der Waals surface area (Å²) >= 11 is 0. The average molecular weight is 363 g/mol. The first-order valence-electron chi connectivity index (χ1n) is 9.52. The molecule has 5 nitrogen and oxygen atoms in total. The molecule has 1 aromatic rings. The Morgan fingerprint density at radius 3 is 2.35 bits per heavy atom. The lowest BCUT2D eigenvalue weighted by atomic mass is 9.68. The Morgan fingerprint density at radius 1 is 1.27 bits per heavy atom. The molecule has 0 spiro atoms. The molecule has 1 aromatic carbocycles. The van der Waals surface area contributed by atoms with E-state index < -0.39 is 5.97 Å². The molecule has 3 atom stereocenters. The average Bonchev–Trinajstić information content (AvgIpc) is 3.05. The second-order valence-corrected chi connectivity index (χ2v) is 8.80. The first-order chi connectivity index (χ1) is 12.1. The molecule has 3 rings (SSSR count). The topological polar surface area (TPSA) is 86.8 Å².